The lowest BCUT2D eigenvalue weighted by Crippen LogP contribution is -2.20. The molecule has 2 N–H and O–H groups in total. The lowest BCUT2D eigenvalue weighted by molar-refractivity contribution is -0.118. The molecule has 0 aliphatic heterocycles. The SMILES string of the molecule is CCCc1cc(NC(=O)COc2cccc(CC)c2)n[nH]1. The number of amides is 1. The van der Waals surface area contributed by atoms with E-state index in [0.717, 1.165) is 25.0 Å². The summed E-state index contributed by atoms with van der Waals surface area (Å²) in [7, 11) is 0. The highest BCUT2D eigenvalue weighted by molar-refractivity contribution is 5.90. The summed E-state index contributed by atoms with van der Waals surface area (Å²) < 4.78 is 5.49. The highest BCUT2D eigenvalue weighted by Crippen LogP contribution is 2.14. The van der Waals surface area contributed by atoms with Crippen molar-refractivity contribution in [2.75, 3.05) is 11.9 Å². The molecule has 0 bridgehead atoms. The number of ether oxygens (including phenoxy) is 1. The summed E-state index contributed by atoms with van der Waals surface area (Å²) in [5.74, 6) is 1.03. The molecular formula is C16H21N3O2. The highest BCUT2D eigenvalue weighted by Gasteiger charge is 2.07. The number of rotatable bonds is 7. The number of carbonyl (C=O) groups is 1. The van der Waals surface area contributed by atoms with Crippen LogP contribution in [0, 0.1) is 0 Å². The third kappa shape index (κ3) is 4.63. The molecule has 0 saturated heterocycles. The Morgan fingerprint density at radius 1 is 1.33 bits per heavy atom. The van der Waals surface area contributed by atoms with Gasteiger partial charge in [-0.3, -0.25) is 9.89 Å². The quantitative estimate of drug-likeness (QED) is 0.822. The molecule has 0 fully saturated rings. The van der Waals surface area contributed by atoms with Gasteiger partial charge in [-0.2, -0.15) is 5.10 Å². The van der Waals surface area contributed by atoms with Crippen LogP contribution >= 0.6 is 0 Å². The van der Waals surface area contributed by atoms with Crippen molar-refractivity contribution in [1.29, 1.82) is 0 Å². The second kappa shape index (κ2) is 7.47. The molecule has 0 radical (unpaired) electrons. The van der Waals surface area contributed by atoms with Gasteiger partial charge in [-0.05, 0) is 30.5 Å². The minimum atomic E-state index is -0.216. The van der Waals surface area contributed by atoms with Gasteiger partial charge in [0.2, 0.25) is 0 Å². The summed E-state index contributed by atoms with van der Waals surface area (Å²) in [4.78, 5) is 11.8. The molecule has 0 aliphatic carbocycles. The van der Waals surface area contributed by atoms with Crippen molar-refractivity contribution in [3.8, 4) is 5.75 Å². The third-order valence-corrected chi connectivity index (χ3v) is 3.09. The lowest BCUT2D eigenvalue weighted by Gasteiger charge is -2.07. The van der Waals surface area contributed by atoms with Gasteiger partial charge in [0.25, 0.3) is 5.91 Å². The van der Waals surface area contributed by atoms with Gasteiger partial charge >= 0.3 is 0 Å². The predicted molar refractivity (Wildman–Crippen MR) is 82.5 cm³/mol. The van der Waals surface area contributed by atoms with Crippen molar-refractivity contribution in [1.82, 2.24) is 10.2 Å². The van der Waals surface area contributed by atoms with Crippen molar-refractivity contribution in [3.63, 3.8) is 0 Å². The van der Waals surface area contributed by atoms with Crippen LogP contribution in [-0.2, 0) is 17.6 Å². The Bertz CT molecular complexity index is 593. The molecule has 1 heterocycles. The van der Waals surface area contributed by atoms with Crippen LogP contribution < -0.4 is 10.1 Å². The number of carbonyl (C=O) groups excluding carboxylic acids is 1. The van der Waals surface area contributed by atoms with E-state index < -0.39 is 0 Å². The van der Waals surface area contributed by atoms with Crippen LogP contribution in [0.1, 0.15) is 31.5 Å². The maximum Gasteiger partial charge on any atom is 0.263 e. The zero-order valence-corrected chi connectivity index (χ0v) is 12.5. The standard InChI is InChI=1S/C16H21N3O2/c1-3-6-13-10-15(19-18-13)17-16(20)11-21-14-8-5-7-12(4-2)9-14/h5,7-10H,3-4,6,11H2,1-2H3,(H2,17,18,19,20). The number of nitrogens with one attached hydrogen (secondary N) is 2. The maximum absolute atomic E-state index is 11.8. The van der Waals surface area contributed by atoms with E-state index in [-0.39, 0.29) is 12.5 Å². The number of aromatic amines is 1. The molecule has 1 amide bonds. The maximum atomic E-state index is 11.8. The normalized spacial score (nSPS) is 10.4. The Kier molecular flexibility index (Phi) is 5.37. The number of H-pyrrole nitrogens is 1. The molecule has 2 rings (SSSR count). The zero-order chi connectivity index (χ0) is 15.1. The molecule has 112 valence electrons. The molecule has 1 aromatic heterocycles. The molecule has 0 atom stereocenters. The topological polar surface area (TPSA) is 67.0 Å². The van der Waals surface area contributed by atoms with Gasteiger partial charge in [-0.15, -0.1) is 0 Å². The molecule has 5 nitrogen and oxygen atoms in total. The van der Waals surface area contributed by atoms with Crippen LogP contribution in [0.25, 0.3) is 0 Å². The van der Waals surface area contributed by atoms with Gasteiger partial charge in [0.05, 0.1) is 0 Å². The minimum absolute atomic E-state index is 0.0247. The predicted octanol–water partition coefficient (Wildman–Crippen LogP) is 2.94. The molecule has 5 heteroatoms. The van der Waals surface area contributed by atoms with E-state index in [1.54, 1.807) is 0 Å². The summed E-state index contributed by atoms with van der Waals surface area (Å²) in [6.45, 7) is 4.15. The molecule has 1 aromatic carbocycles. The zero-order valence-electron chi connectivity index (χ0n) is 12.5. The van der Waals surface area contributed by atoms with E-state index in [1.165, 1.54) is 5.56 Å². The first-order chi connectivity index (χ1) is 10.2. The van der Waals surface area contributed by atoms with Crippen LogP contribution in [0.4, 0.5) is 5.82 Å². The number of hydrogen-bond acceptors (Lipinski definition) is 3. The van der Waals surface area contributed by atoms with Gasteiger partial charge in [0.15, 0.2) is 12.4 Å². The van der Waals surface area contributed by atoms with E-state index >= 15 is 0 Å². The molecular weight excluding hydrogens is 266 g/mol. The van der Waals surface area contributed by atoms with Crippen molar-refractivity contribution in [3.05, 3.63) is 41.6 Å². The fourth-order valence-electron chi connectivity index (χ4n) is 2.01. The summed E-state index contributed by atoms with van der Waals surface area (Å²) in [5, 5.41) is 9.65. The molecule has 0 spiro atoms. The molecule has 2 aromatic rings. The van der Waals surface area contributed by atoms with Crippen LogP contribution in [0.15, 0.2) is 30.3 Å². The first kappa shape index (κ1) is 15.1. The molecule has 21 heavy (non-hydrogen) atoms. The number of benzene rings is 1. The molecule has 0 unspecified atom stereocenters. The second-order valence-corrected chi connectivity index (χ2v) is 4.87. The fraction of sp³-hybridized carbons (Fsp3) is 0.375. The Labute approximate surface area is 124 Å². The summed E-state index contributed by atoms with van der Waals surface area (Å²) >= 11 is 0. The van der Waals surface area contributed by atoms with Crippen molar-refractivity contribution in [2.24, 2.45) is 0 Å². The van der Waals surface area contributed by atoms with Crippen LogP contribution in [0.2, 0.25) is 0 Å². The van der Waals surface area contributed by atoms with Gasteiger partial charge in [-0.25, -0.2) is 0 Å². The second-order valence-electron chi connectivity index (χ2n) is 4.87. The Hall–Kier alpha value is -2.30. The average molecular weight is 287 g/mol. The van der Waals surface area contributed by atoms with E-state index in [0.29, 0.717) is 11.6 Å². The van der Waals surface area contributed by atoms with E-state index in [1.807, 2.05) is 30.3 Å². The minimum Gasteiger partial charge on any atom is -0.484 e. The van der Waals surface area contributed by atoms with Crippen LogP contribution in [0.5, 0.6) is 5.75 Å². The third-order valence-electron chi connectivity index (χ3n) is 3.09. The molecule has 0 aliphatic rings. The fourth-order valence-corrected chi connectivity index (χ4v) is 2.01. The van der Waals surface area contributed by atoms with Gasteiger partial charge in [-0.1, -0.05) is 32.4 Å². The van der Waals surface area contributed by atoms with Crippen LogP contribution in [0.3, 0.4) is 0 Å². The summed E-state index contributed by atoms with van der Waals surface area (Å²) in [6.07, 6.45) is 2.90. The Morgan fingerprint density at radius 3 is 2.95 bits per heavy atom. The van der Waals surface area contributed by atoms with E-state index in [4.69, 9.17) is 4.74 Å². The number of aromatic nitrogens is 2. The van der Waals surface area contributed by atoms with Gasteiger partial charge in [0.1, 0.15) is 5.75 Å². The van der Waals surface area contributed by atoms with Gasteiger partial charge < -0.3 is 10.1 Å². The number of hydrogen-bond donors (Lipinski definition) is 2. The first-order valence-corrected chi connectivity index (χ1v) is 7.27. The largest absolute Gasteiger partial charge is 0.484 e. The summed E-state index contributed by atoms with van der Waals surface area (Å²) in [5.41, 5.74) is 2.20. The van der Waals surface area contributed by atoms with E-state index in [2.05, 4.69) is 29.4 Å². The van der Waals surface area contributed by atoms with E-state index in [9.17, 15) is 4.79 Å². The molecule has 0 saturated carbocycles. The van der Waals surface area contributed by atoms with Crippen LogP contribution in [-0.4, -0.2) is 22.7 Å². The van der Waals surface area contributed by atoms with Crippen molar-refractivity contribution < 1.29 is 9.53 Å². The first-order valence-electron chi connectivity index (χ1n) is 7.27. The number of nitrogens with zero attached hydrogens (tertiary/aromatic N) is 1. The number of anilines is 1. The smallest absolute Gasteiger partial charge is 0.263 e. The number of aryl methyl sites for hydroxylation is 2. The Balaban J connectivity index is 1.83. The summed E-state index contributed by atoms with van der Waals surface area (Å²) in [6, 6.07) is 9.60. The Morgan fingerprint density at radius 2 is 2.19 bits per heavy atom. The lowest BCUT2D eigenvalue weighted by atomic mass is 10.2. The van der Waals surface area contributed by atoms with Gasteiger partial charge in [0, 0.05) is 11.8 Å². The monoisotopic (exact) mass is 287 g/mol. The highest BCUT2D eigenvalue weighted by atomic mass is 16.5. The average Bonchev–Trinajstić information content (AvgIpc) is 2.93. The van der Waals surface area contributed by atoms with Crippen molar-refractivity contribution >= 4 is 11.7 Å². The van der Waals surface area contributed by atoms with Crippen molar-refractivity contribution in [2.45, 2.75) is 33.1 Å².